The fourth-order valence-electron chi connectivity index (χ4n) is 2.82. The number of carbonyl (C=O) groups is 1. The van der Waals surface area contributed by atoms with Gasteiger partial charge in [-0.2, -0.15) is 0 Å². The van der Waals surface area contributed by atoms with E-state index in [2.05, 4.69) is 10.2 Å². The third-order valence-corrected chi connectivity index (χ3v) is 5.31. The number of hydrogen-bond donors (Lipinski definition) is 1. The van der Waals surface area contributed by atoms with Crippen molar-refractivity contribution in [3.05, 3.63) is 29.8 Å². The Balaban J connectivity index is 1.74. The van der Waals surface area contributed by atoms with Crippen LogP contribution in [0, 0.1) is 0 Å². The first-order chi connectivity index (χ1) is 11.0. The molecule has 1 aromatic carbocycles. The standard InChI is InChI=1S/C17H26N2O3S/c1-23(21,22)16-9-7-15(8-10-16)17(20)18-11-6-14-19-12-4-2-3-5-13-19/h7-10H,2-6,11-14H2,1H3,(H,18,20). The van der Waals surface area contributed by atoms with E-state index in [4.69, 9.17) is 0 Å². The van der Waals surface area contributed by atoms with E-state index in [1.165, 1.54) is 50.9 Å². The number of nitrogens with zero attached hydrogens (tertiary/aromatic N) is 1. The zero-order chi connectivity index (χ0) is 16.7. The molecule has 1 amide bonds. The highest BCUT2D eigenvalue weighted by atomic mass is 32.2. The number of sulfone groups is 1. The lowest BCUT2D eigenvalue weighted by atomic mass is 10.2. The van der Waals surface area contributed by atoms with Crippen LogP contribution in [-0.2, 0) is 9.84 Å². The van der Waals surface area contributed by atoms with Crippen molar-refractivity contribution >= 4 is 15.7 Å². The van der Waals surface area contributed by atoms with E-state index in [0.29, 0.717) is 12.1 Å². The Morgan fingerprint density at radius 2 is 1.70 bits per heavy atom. The highest BCUT2D eigenvalue weighted by Crippen LogP contribution is 2.11. The van der Waals surface area contributed by atoms with Gasteiger partial charge in [-0.1, -0.05) is 12.8 Å². The van der Waals surface area contributed by atoms with Gasteiger partial charge >= 0.3 is 0 Å². The molecule has 1 aliphatic rings. The molecule has 0 unspecified atom stereocenters. The van der Waals surface area contributed by atoms with Crippen LogP contribution in [0.3, 0.4) is 0 Å². The van der Waals surface area contributed by atoms with Crippen molar-refractivity contribution in [1.82, 2.24) is 10.2 Å². The fraction of sp³-hybridized carbons (Fsp3) is 0.588. The molecule has 1 heterocycles. The van der Waals surface area contributed by atoms with Gasteiger partial charge in [0.2, 0.25) is 0 Å². The second-order valence-corrected chi connectivity index (χ2v) is 8.18. The molecule has 0 saturated carbocycles. The van der Waals surface area contributed by atoms with Crippen LogP contribution in [-0.4, -0.2) is 51.7 Å². The minimum atomic E-state index is -3.22. The molecule has 0 aromatic heterocycles. The molecular weight excluding hydrogens is 312 g/mol. The van der Waals surface area contributed by atoms with Gasteiger partial charge in [0.25, 0.3) is 5.91 Å². The maximum absolute atomic E-state index is 12.0. The summed E-state index contributed by atoms with van der Waals surface area (Å²) in [6.07, 6.45) is 7.31. The number of carbonyl (C=O) groups excluding carboxylic acids is 1. The van der Waals surface area contributed by atoms with Crippen LogP contribution in [0.4, 0.5) is 0 Å². The number of hydrogen-bond acceptors (Lipinski definition) is 4. The van der Waals surface area contributed by atoms with E-state index < -0.39 is 9.84 Å². The summed E-state index contributed by atoms with van der Waals surface area (Å²) in [6.45, 7) is 4.00. The van der Waals surface area contributed by atoms with Gasteiger partial charge in [0.15, 0.2) is 9.84 Å². The summed E-state index contributed by atoms with van der Waals surface area (Å²) in [5, 5.41) is 2.90. The Bertz CT molecular complexity index is 603. The number of nitrogens with one attached hydrogen (secondary N) is 1. The molecule has 0 spiro atoms. The van der Waals surface area contributed by atoms with Crippen molar-refractivity contribution in [3.63, 3.8) is 0 Å². The molecule has 0 aliphatic carbocycles. The quantitative estimate of drug-likeness (QED) is 0.807. The minimum Gasteiger partial charge on any atom is -0.352 e. The Morgan fingerprint density at radius 1 is 1.09 bits per heavy atom. The summed E-state index contributed by atoms with van der Waals surface area (Å²) in [7, 11) is -3.22. The van der Waals surface area contributed by atoms with Crippen molar-refractivity contribution in [3.8, 4) is 0 Å². The van der Waals surface area contributed by atoms with Crippen LogP contribution < -0.4 is 5.32 Å². The van der Waals surface area contributed by atoms with Gasteiger partial charge in [-0.05, 0) is 63.2 Å². The molecule has 0 atom stereocenters. The SMILES string of the molecule is CS(=O)(=O)c1ccc(C(=O)NCCCN2CCCCCC2)cc1. The molecule has 5 nitrogen and oxygen atoms in total. The summed E-state index contributed by atoms with van der Waals surface area (Å²) in [5.74, 6) is -0.152. The third-order valence-electron chi connectivity index (χ3n) is 4.18. The summed E-state index contributed by atoms with van der Waals surface area (Å²) in [5.41, 5.74) is 0.493. The fourth-order valence-corrected chi connectivity index (χ4v) is 3.45. The molecule has 23 heavy (non-hydrogen) atoms. The van der Waals surface area contributed by atoms with Crippen molar-refractivity contribution in [2.45, 2.75) is 37.0 Å². The minimum absolute atomic E-state index is 0.152. The molecule has 1 aliphatic heterocycles. The number of benzene rings is 1. The van der Waals surface area contributed by atoms with Gasteiger partial charge in [-0.3, -0.25) is 4.79 Å². The topological polar surface area (TPSA) is 66.5 Å². The van der Waals surface area contributed by atoms with Crippen molar-refractivity contribution in [1.29, 1.82) is 0 Å². The molecule has 1 saturated heterocycles. The van der Waals surface area contributed by atoms with Crippen LogP contribution in [0.25, 0.3) is 0 Å². The average Bonchev–Trinajstić information content (AvgIpc) is 2.79. The maximum atomic E-state index is 12.0. The van der Waals surface area contributed by atoms with Gasteiger partial charge in [0.1, 0.15) is 0 Å². The van der Waals surface area contributed by atoms with Gasteiger partial charge < -0.3 is 10.2 Å². The second kappa shape index (κ2) is 8.45. The van der Waals surface area contributed by atoms with E-state index in [9.17, 15) is 13.2 Å². The van der Waals surface area contributed by atoms with Crippen molar-refractivity contribution in [2.24, 2.45) is 0 Å². The van der Waals surface area contributed by atoms with Crippen LogP contribution in [0.1, 0.15) is 42.5 Å². The molecule has 1 N–H and O–H groups in total. The lowest BCUT2D eigenvalue weighted by Crippen LogP contribution is -2.30. The first-order valence-electron chi connectivity index (χ1n) is 8.27. The smallest absolute Gasteiger partial charge is 0.251 e. The molecular formula is C17H26N2O3S. The zero-order valence-electron chi connectivity index (χ0n) is 13.8. The van der Waals surface area contributed by atoms with Gasteiger partial charge in [0.05, 0.1) is 4.90 Å². The van der Waals surface area contributed by atoms with E-state index in [1.54, 1.807) is 12.1 Å². The van der Waals surface area contributed by atoms with Gasteiger partial charge in [0, 0.05) is 18.4 Å². The van der Waals surface area contributed by atoms with E-state index in [1.807, 2.05) is 0 Å². The summed E-state index contributed by atoms with van der Waals surface area (Å²) < 4.78 is 22.8. The summed E-state index contributed by atoms with van der Waals surface area (Å²) in [4.78, 5) is 14.7. The molecule has 0 bridgehead atoms. The van der Waals surface area contributed by atoms with E-state index in [-0.39, 0.29) is 10.8 Å². The first kappa shape index (κ1) is 17.9. The molecule has 1 aromatic rings. The average molecular weight is 338 g/mol. The predicted octanol–water partition coefficient (Wildman–Crippen LogP) is 2.09. The zero-order valence-corrected chi connectivity index (χ0v) is 14.6. The Morgan fingerprint density at radius 3 is 2.26 bits per heavy atom. The molecule has 1 fully saturated rings. The normalized spacial score (nSPS) is 16.7. The molecule has 6 heteroatoms. The molecule has 128 valence electrons. The predicted molar refractivity (Wildman–Crippen MR) is 91.4 cm³/mol. The Labute approximate surface area is 139 Å². The van der Waals surface area contributed by atoms with Crippen LogP contribution in [0.2, 0.25) is 0 Å². The Hall–Kier alpha value is -1.40. The van der Waals surface area contributed by atoms with Crippen LogP contribution >= 0.6 is 0 Å². The van der Waals surface area contributed by atoms with E-state index in [0.717, 1.165) is 19.2 Å². The number of amides is 1. The molecule has 2 rings (SSSR count). The summed E-state index contributed by atoms with van der Waals surface area (Å²) >= 11 is 0. The monoisotopic (exact) mass is 338 g/mol. The largest absolute Gasteiger partial charge is 0.352 e. The Kier molecular flexibility index (Phi) is 6.59. The van der Waals surface area contributed by atoms with Crippen molar-refractivity contribution in [2.75, 3.05) is 32.4 Å². The van der Waals surface area contributed by atoms with Gasteiger partial charge in [-0.15, -0.1) is 0 Å². The lowest BCUT2D eigenvalue weighted by Gasteiger charge is -2.19. The first-order valence-corrected chi connectivity index (χ1v) is 10.2. The maximum Gasteiger partial charge on any atom is 0.251 e. The highest BCUT2D eigenvalue weighted by Gasteiger charge is 2.11. The van der Waals surface area contributed by atoms with E-state index >= 15 is 0 Å². The summed E-state index contributed by atoms with van der Waals surface area (Å²) in [6, 6.07) is 6.06. The van der Waals surface area contributed by atoms with Crippen molar-refractivity contribution < 1.29 is 13.2 Å². The van der Waals surface area contributed by atoms with Gasteiger partial charge in [-0.25, -0.2) is 8.42 Å². The molecule has 0 radical (unpaired) electrons. The number of rotatable bonds is 6. The lowest BCUT2D eigenvalue weighted by molar-refractivity contribution is 0.0951. The van der Waals surface area contributed by atoms with Crippen LogP contribution in [0.5, 0.6) is 0 Å². The number of likely N-dealkylation sites (tertiary alicyclic amines) is 1. The highest BCUT2D eigenvalue weighted by molar-refractivity contribution is 7.90. The second-order valence-electron chi connectivity index (χ2n) is 6.16. The van der Waals surface area contributed by atoms with Crippen LogP contribution in [0.15, 0.2) is 29.2 Å². The third kappa shape index (κ3) is 5.95.